The number of aliphatic hydroxyl groups is 1. The number of hydrogen-bond donors (Lipinski definition) is 1. The van der Waals surface area contributed by atoms with Crippen molar-refractivity contribution in [1.82, 2.24) is 0 Å². The van der Waals surface area contributed by atoms with Crippen LogP contribution >= 0.6 is 0 Å². The number of benzene rings is 2. The molecule has 0 amide bonds. The predicted octanol–water partition coefficient (Wildman–Crippen LogP) is 0.249. The summed E-state index contributed by atoms with van der Waals surface area (Å²) in [5.41, 5.74) is 0.354. The molecule has 0 aromatic heterocycles. The second-order valence-electron chi connectivity index (χ2n) is 6.92. The molecule has 0 radical (unpaired) electrons. The Labute approximate surface area is 168 Å². The summed E-state index contributed by atoms with van der Waals surface area (Å²) in [5, 5.41) is 22.9. The zero-order chi connectivity index (χ0) is 18.1. The van der Waals surface area contributed by atoms with Crippen LogP contribution in [0.3, 0.4) is 0 Å². The summed E-state index contributed by atoms with van der Waals surface area (Å²) in [5.74, 6) is 1.10. The molecule has 0 spiro atoms. The van der Waals surface area contributed by atoms with Gasteiger partial charge in [-0.2, -0.15) is 0 Å². The van der Waals surface area contributed by atoms with E-state index >= 15 is 0 Å². The summed E-state index contributed by atoms with van der Waals surface area (Å²) in [6, 6.07) is 16.4. The van der Waals surface area contributed by atoms with E-state index in [1.165, 1.54) is 12.1 Å². The number of amidine groups is 1. The highest BCUT2D eigenvalue weighted by Gasteiger charge is 2.52. The number of β-amino-alcohol motifs (C(OH)–C–C–N with tert-alkyl or cyclic N) is 1. The zero-order valence-electron chi connectivity index (χ0n) is 14.9. The number of anilines is 1. The van der Waals surface area contributed by atoms with Crippen molar-refractivity contribution >= 4 is 17.2 Å². The van der Waals surface area contributed by atoms with E-state index in [2.05, 4.69) is 4.90 Å². The summed E-state index contributed by atoms with van der Waals surface area (Å²) < 4.78 is 2.05. The molecule has 2 aromatic carbocycles. The van der Waals surface area contributed by atoms with Gasteiger partial charge in [0.05, 0.1) is 11.5 Å². The van der Waals surface area contributed by atoms with Crippen LogP contribution in [0.2, 0.25) is 0 Å². The van der Waals surface area contributed by atoms with Crippen LogP contribution in [-0.2, 0) is 5.72 Å². The fourth-order valence-electron chi connectivity index (χ4n) is 4.03. The third-order valence-corrected chi connectivity index (χ3v) is 5.32. The molecule has 6 nitrogen and oxygen atoms in total. The molecule has 7 heteroatoms. The maximum Gasteiger partial charge on any atom is 0.271 e. The molecule has 1 unspecified atom stereocenters. The van der Waals surface area contributed by atoms with E-state index < -0.39 is 10.6 Å². The van der Waals surface area contributed by atoms with Gasteiger partial charge in [-0.15, -0.1) is 0 Å². The molecule has 2 aliphatic heterocycles. The van der Waals surface area contributed by atoms with Crippen LogP contribution in [0.25, 0.3) is 0 Å². The summed E-state index contributed by atoms with van der Waals surface area (Å²) in [6.45, 7) is 1.12. The van der Waals surface area contributed by atoms with Crippen LogP contribution in [0.4, 0.5) is 11.4 Å². The molecule has 0 bridgehead atoms. The highest BCUT2D eigenvalue weighted by atomic mass is 79.9. The maximum absolute atomic E-state index is 11.7. The summed E-state index contributed by atoms with van der Waals surface area (Å²) in [7, 11) is 0. The lowest BCUT2D eigenvalue weighted by Gasteiger charge is -2.23. The Balaban J connectivity index is 0.00000210. The number of nitro benzene ring substituents is 1. The van der Waals surface area contributed by atoms with E-state index in [0.29, 0.717) is 12.1 Å². The first kappa shape index (κ1) is 19.5. The maximum atomic E-state index is 11.7. The quantitative estimate of drug-likeness (QED) is 0.429. The lowest BCUT2D eigenvalue weighted by molar-refractivity contribution is -0.658. The summed E-state index contributed by atoms with van der Waals surface area (Å²) in [4.78, 5) is 12.9. The fraction of sp³-hybridized carbons (Fsp3) is 0.350. The van der Waals surface area contributed by atoms with Crippen molar-refractivity contribution < 1.29 is 31.6 Å². The Kier molecular flexibility index (Phi) is 5.62. The van der Waals surface area contributed by atoms with Crippen molar-refractivity contribution in [3.8, 4) is 0 Å². The van der Waals surface area contributed by atoms with Gasteiger partial charge in [-0.1, -0.05) is 30.3 Å². The number of nitro groups is 1. The highest BCUT2D eigenvalue weighted by molar-refractivity contribution is 5.95. The topological polar surface area (TPSA) is 69.6 Å². The number of rotatable bonds is 3. The standard InChI is InChI=1S/C20H22N3O3.BrH/c24-20(16-8-7-11-18(14-16)23(25)26)15-21(17-9-3-1-4-10-17)19-12-5-2-6-13-22(19)20;/h1,3-4,7-11,14,24H,2,5-6,12-13,15H2;1H/q+1;/p-1. The number of non-ortho nitro benzene ring substituents is 1. The largest absolute Gasteiger partial charge is 1.00 e. The molecular weight excluding hydrogens is 410 g/mol. The van der Waals surface area contributed by atoms with Gasteiger partial charge in [-0.3, -0.25) is 10.1 Å². The first-order chi connectivity index (χ1) is 12.6. The zero-order valence-corrected chi connectivity index (χ0v) is 16.5. The molecule has 2 aliphatic rings. The van der Waals surface area contributed by atoms with Gasteiger partial charge in [-0.05, 0) is 31.4 Å². The van der Waals surface area contributed by atoms with Crippen molar-refractivity contribution in [1.29, 1.82) is 0 Å². The number of hydrogen-bond acceptors (Lipinski definition) is 4. The van der Waals surface area contributed by atoms with Crippen molar-refractivity contribution in [3.05, 3.63) is 70.3 Å². The molecule has 142 valence electrons. The second kappa shape index (κ2) is 7.78. The van der Waals surface area contributed by atoms with Crippen LogP contribution in [0.1, 0.15) is 31.2 Å². The van der Waals surface area contributed by atoms with E-state index in [9.17, 15) is 15.2 Å². The smallest absolute Gasteiger partial charge is 0.271 e. The Morgan fingerprint density at radius 1 is 1.07 bits per heavy atom. The van der Waals surface area contributed by atoms with Crippen LogP contribution < -0.4 is 21.9 Å². The van der Waals surface area contributed by atoms with E-state index in [4.69, 9.17) is 0 Å². The summed E-state index contributed by atoms with van der Waals surface area (Å²) in [6.07, 6.45) is 4.10. The van der Waals surface area contributed by atoms with E-state index in [0.717, 1.165) is 43.8 Å². The van der Waals surface area contributed by atoms with Gasteiger partial charge in [0.1, 0.15) is 5.69 Å². The first-order valence-corrected chi connectivity index (χ1v) is 9.03. The van der Waals surface area contributed by atoms with Gasteiger partial charge in [-0.25, -0.2) is 9.48 Å². The molecular formula is C20H22BrN3O3. The average Bonchev–Trinajstić information content (AvgIpc) is 2.82. The van der Waals surface area contributed by atoms with E-state index in [1.54, 1.807) is 12.1 Å². The van der Waals surface area contributed by atoms with Crippen LogP contribution in [-0.4, -0.2) is 33.5 Å². The normalized spacial score (nSPS) is 22.0. The molecule has 4 rings (SSSR count). The third-order valence-electron chi connectivity index (χ3n) is 5.32. The monoisotopic (exact) mass is 431 g/mol. The Hall–Kier alpha value is -2.25. The minimum atomic E-state index is -1.26. The van der Waals surface area contributed by atoms with Crippen molar-refractivity contribution in [3.63, 3.8) is 0 Å². The van der Waals surface area contributed by atoms with Crippen LogP contribution in [0.15, 0.2) is 54.6 Å². The van der Waals surface area contributed by atoms with Crippen molar-refractivity contribution in [2.45, 2.75) is 31.4 Å². The van der Waals surface area contributed by atoms with Crippen LogP contribution in [0, 0.1) is 10.1 Å². The second-order valence-corrected chi connectivity index (χ2v) is 6.92. The predicted molar refractivity (Wildman–Crippen MR) is 99.4 cm³/mol. The van der Waals surface area contributed by atoms with Gasteiger partial charge in [0, 0.05) is 24.1 Å². The molecule has 0 saturated carbocycles. The molecule has 0 aliphatic carbocycles. The highest BCUT2D eigenvalue weighted by Crippen LogP contribution is 2.36. The minimum Gasteiger partial charge on any atom is -1.00 e. The van der Waals surface area contributed by atoms with Gasteiger partial charge in [0.25, 0.3) is 17.2 Å². The Morgan fingerprint density at radius 3 is 2.59 bits per heavy atom. The first-order valence-electron chi connectivity index (χ1n) is 9.03. The summed E-state index contributed by atoms with van der Waals surface area (Å²) >= 11 is 0. The molecule has 0 fully saturated rings. The number of para-hydroxylation sites is 1. The van der Waals surface area contributed by atoms with Crippen molar-refractivity contribution in [2.75, 3.05) is 18.0 Å². The molecule has 0 saturated heterocycles. The van der Waals surface area contributed by atoms with Gasteiger partial charge in [0.15, 0.2) is 6.54 Å². The lowest BCUT2D eigenvalue weighted by atomic mass is 10.0. The van der Waals surface area contributed by atoms with Crippen molar-refractivity contribution in [2.24, 2.45) is 0 Å². The van der Waals surface area contributed by atoms with Gasteiger partial charge in [0.2, 0.25) is 0 Å². The van der Waals surface area contributed by atoms with E-state index in [-0.39, 0.29) is 22.7 Å². The Morgan fingerprint density at radius 2 is 1.85 bits per heavy atom. The number of nitrogens with zero attached hydrogens (tertiary/aromatic N) is 3. The third kappa shape index (κ3) is 3.49. The number of halogens is 1. The van der Waals surface area contributed by atoms with Crippen LogP contribution in [0.5, 0.6) is 0 Å². The average molecular weight is 432 g/mol. The van der Waals surface area contributed by atoms with Gasteiger partial charge < -0.3 is 22.1 Å². The van der Waals surface area contributed by atoms with E-state index in [1.807, 2.05) is 34.9 Å². The SMILES string of the molecule is O=[N+]([O-])c1cccc(C2(O)CN(c3ccccc3)C3=[N+]2CCCCC3)c1.[Br-]. The molecule has 2 heterocycles. The minimum absolute atomic E-state index is 0. The molecule has 1 atom stereocenters. The van der Waals surface area contributed by atoms with Gasteiger partial charge >= 0.3 is 0 Å². The fourth-order valence-corrected chi connectivity index (χ4v) is 4.03. The molecule has 27 heavy (non-hydrogen) atoms. The Bertz CT molecular complexity index is 872. The molecule has 1 N–H and O–H groups in total. The molecule has 2 aromatic rings. The lowest BCUT2D eigenvalue weighted by Crippen LogP contribution is -3.00.